The number of allylic oxidation sites excluding steroid dienone is 1. The monoisotopic (exact) mass is 422 g/mol. The van der Waals surface area contributed by atoms with E-state index in [1.807, 2.05) is 0 Å². The number of rotatable bonds is 3. The fourth-order valence-electron chi connectivity index (χ4n) is 3.39. The summed E-state index contributed by atoms with van der Waals surface area (Å²) in [6, 6.07) is 7.33. The number of carbonyl (C=O) groups is 3. The minimum absolute atomic E-state index is 0.130. The SMILES string of the molecule is CNC(=O)c1cc(C2C=C(C)N(C(=O)Nc3ccc4[nH]ncc4c3)C(=O)N2)ccc1F. The molecule has 0 spiro atoms. The third-order valence-corrected chi connectivity index (χ3v) is 4.96. The van der Waals surface area contributed by atoms with Gasteiger partial charge >= 0.3 is 12.1 Å². The summed E-state index contributed by atoms with van der Waals surface area (Å²) in [6.45, 7) is 1.62. The molecule has 31 heavy (non-hydrogen) atoms. The number of aromatic nitrogens is 2. The lowest BCUT2D eigenvalue weighted by Crippen LogP contribution is -2.48. The van der Waals surface area contributed by atoms with Crippen LogP contribution in [-0.4, -0.2) is 40.1 Å². The number of carbonyl (C=O) groups excluding carboxylic acids is 3. The van der Waals surface area contributed by atoms with E-state index < -0.39 is 29.8 Å². The minimum atomic E-state index is -0.665. The molecule has 4 rings (SSSR count). The third-order valence-electron chi connectivity index (χ3n) is 4.96. The summed E-state index contributed by atoms with van der Waals surface area (Å²) < 4.78 is 13.9. The molecule has 9 nitrogen and oxygen atoms in total. The fourth-order valence-corrected chi connectivity index (χ4v) is 3.39. The molecular formula is C21H19FN6O3. The van der Waals surface area contributed by atoms with E-state index in [2.05, 4.69) is 26.1 Å². The van der Waals surface area contributed by atoms with Crippen molar-refractivity contribution in [2.75, 3.05) is 12.4 Å². The van der Waals surface area contributed by atoms with Crippen LogP contribution in [0.25, 0.3) is 10.9 Å². The molecule has 0 aliphatic carbocycles. The fraction of sp³-hybridized carbons (Fsp3) is 0.143. The molecule has 2 aromatic carbocycles. The van der Waals surface area contributed by atoms with E-state index in [1.165, 1.54) is 25.2 Å². The van der Waals surface area contributed by atoms with Crippen molar-refractivity contribution in [3.63, 3.8) is 0 Å². The Morgan fingerprint density at radius 2 is 2.00 bits per heavy atom. The number of aromatic amines is 1. The van der Waals surface area contributed by atoms with Gasteiger partial charge in [-0.3, -0.25) is 9.89 Å². The Hall–Kier alpha value is -4.21. The summed E-state index contributed by atoms with van der Waals surface area (Å²) in [5.41, 5.74) is 2.10. The maximum atomic E-state index is 13.9. The molecule has 158 valence electrons. The summed E-state index contributed by atoms with van der Waals surface area (Å²) in [5, 5.41) is 15.3. The van der Waals surface area contributed by atoms with Crippen molar-refractivity contribution in [3.8, 4) is 0 Å². The van der Waals surface area contributed by atoms with Crippen LogP contribution in [0.3, 0.4) is 0 Å². The molecule has 1 aromatic heterocycles. The lowest BCUT2D eigenvalue weighted by atomic mass is 10.0. The molecule has 0 radical (unpaired) electrons. The van der Waals surface area contributed by atoms with Gasteiger partial charge in [-0.15, -0.1) is 0 Å². The van der Waals surface area contributed by atoms with Crippen molar-refractivity contribution in [1.82, 2.24) is 25.7 Å². The molecule has 0 bridgehead atoms. The number of urea groups is 2. The number of hydrogen-bond donors (Lipinski definition) is 4. The van der Waals surface area contributed by atoms with Crippen LogP contribution in [-0.2, 0) is 0 Å². The van der Waals surface area contributed by atoms with Crippen LogP contribution in [0.4, 0.5) is 19.7 Å². The van der Waals surface area contributed by atoms with Gasteiger partial charge in [0.1, 0.15) is 5.82 Å². The molecule has 0 fully saturated rings. The number of amides is 5. The molecular weight excluding hydrogens is 403 g/mol. The van der Waals surface area contributed by atoms with Crippen molar-refractivity contribution < 1.29 is 18.8 Å². The summed E-state index contributed by atoms with van der Waals surface area (Å²) >= 11 is 0. The van der Waals surface area contributed by atoms with E-state index in [-0.39, 0.29) is 5.56 Å². The second kappa shape index (κ2) is 7.90. The van der Waals surface area contributed by atoms with Gasteiger partial charge in [-0.2, -0.15) is 5.10 Å². The van der Waals surface area contributed by atoms with Gasteiger partial charge in [-0.25, -0.2) is 18.9 Å². The minimum Gasteiger partial charge on any atom is -0.355 e. The first kappa shape index (κ1) is 20.1. The van der Waals surface area contributed by atoms with Crippen LogP contribution in [0.2, 0.25) is 0 Å². The first-order valence-electron chi connectivity index (χ1n) is 9.42. The lowest BCUT2D eigenvalue weighted by molar-refractivity contribution is 0.0959. The predicted molar refractivity (Wildman–Crippen MR) is 112 cm³/mol. The van der Waals surface area contributed by atoms with Gasteiger partial charge in [0.25, 0.3) is 5.91 Å². The van der Waals surface area contributed by atoms with Crippen LogP contribution in [0.1, 0.15) is 28.9 Å². The van der Waals surface area contributed by atoms with Gasteiger partial charge in [0.2, 0.25) is 0 Å². The Labute approximate surface area is 176 Å². The number of benzene rings is 2. The van der Waals surface area contributed by atoms with Crippen LogP contribution in [0, 0.1) is 5.82 Å². The molecule has 0 saturated carbocycles. The van der Waals surface area contributed by atoms with Crippen LogP contribution >= 0.6 is 0 Å². The van der Waals surface area contributed by atoms with Crippen molar-refractivity contribution >= 4 is 34.6 Å². The van der Waals surface area contributed by atoms with Gasteiger partial charge in [0.15, 0.2) is 0 Å². The van der Waals surface area contributed by atoms with Gasteiger partial charge in [0, 0.05) is 23.8 Å². The zero-order valence-electron chi connectivity index (χ0n) is 16.7. The van der Waals surface area contributed by atoms with Crippen molar-refractivity contribution in [2.24, 2.45) is 0 Å². The highest BCUT2D eigenvalue weighted by Crippen LogP contribution is 2.25. The molecule has 1 aliphatic heterocycles. The average Bonchev–Trinajstić information content (AvgIpc) is 3.21. The van der Waals surface area contributed by atoms with Crippen molar-refractivity contribution in [2.45, 2.75) is 13.0 Å². The highest BCUT2D eigenvalue weighted by molar-refractivity contribution is 6.03. The number of anilines is 1. The summed E-state index contributed by atoms with van der Waals surface area (Å²) in [6.07, 6.45) is 3.28. The third kappa shape index (κ3) is 3.82. The maximum absolute atomic E-state index is 13.9. The average molecular weight is 422 g/mol. The Balaban J connectivity index is 1.56. The number of H-pyrrole nitrogens is 1. The Morgan fingerprint density at radius 1 is 1.19 bits per heavy atom. The maximum Gasteiger partial charge on any atom is 0.334 e. The number of nitrogens with zero attached hydrogens (tertiary/aromatic N) is 2. The van der Waals surface area contributed by atoms with Crippen molar-refractivity contribution in [3.05, 3.63) is 71.3 Å². The second-order valence-electron chi connectivity index (χ2n) is 6.99. The topological polar surface area (TPSA) is 119 Å². The normalized spacial score (nSPS) is 16.0. The molecule has 3 aromatic rings. The molecule has 0 saturated heterocycles. The van der Waals surface area contributed by atoms with E-state index in [9.17, 15) is 18.8 Å². The van der Waals surface area contributed by atoms with Gasteiger partial charge < -0.3 is 16.0 Å². The molecule has 1 atom stereocenters. The van der Waals surface area contributed by atoms with E-state index in [4.69, 9.17) is 0 Å². The number of fused-ring (bicyclic) bond motifs is 1. The van der Waals surface area contributed by atoms with Gasteiger partial charge in [-0.05, 0) is 48.9 Å². The quantitative estimate of drug-likeness (QED) is 0.518. The zero-order valence-corrected chi connectivity index (χ0v) is 16.7. The van der Waals surface area contributed by atoms with Gasteiger partial charge in [-0.1, -0.05) is 6.07 Å². The summed E-state index contributed by atoms with van der Waals surface area (Å²) in [4.78, 5) is 38.2. The zero-order chi connectivity index (χ0) is 22.1. The van der Waals surface area contributed by atoms with E-state index >= 15 is 0 Å². The molecule has 5 amide bonds. The van der Waals surface area contributed by atoms with E-state index in [0.717, 1.165) is 15.8 Å². The Bertz CT molecular complexity index is 1230. The highest BCUT2D eigenvalue weighted by atomic mass is 19.1. The molecule has 1 unspecified atom stereocenters. The van der Waals surface area contributed by atoms with E-state index in [1.54, 1.807) is 37.4 Å². The standard InChI is InChI=1S/C21H19FN6O3/c1-11-7-18(12-3-5-16(22)15(9-12)19(29)23-2)26-21(31)28(11)20(30)25-14-4-6-17-13(8-14)10-24-27-17/h3-10,18H,1-2H3,(H,23,29)(H,24,27)(H,25,30)(H,26,31). The van der Waals surface area contributed by atoms with Crippen LogP contribution in [0.5, 0.6) is 0 Å². The van der Waals surface area contributed by atoms with Crippen molar-refractivity contribution in [1.29, 1.82) is 0 Å². The molecule has 2 heterocycles. The predicted octanol–water partition coefficient (Wildman–Crippen LogP) is 3.26. The molecule has 4 N–H and O–H groups in total. The van der Waals surface area contributed by atoms with Crippen LogP contribution in [0.15, 0.2) is 54.4 Å². The number of halogens is 1. The summed E-state index contributed by atoms with van der Waals surface area (Å²) in [7, 11) is 1.40. The molecule has 10 heteroatoms. The van der Waals surface area contributed by atoms with Gasteiger partial charge in [0.05, 0.1) is 23.3 Å². The summed E-state index contributed by atoms with van der Waals surface area (Å²) in [5.74, 6) is -1.24. The van der Waals surface area contributed by atoms with E-state index in [0.29, 0.717) is 16.9 Å². The molecule has 1 aliphatic rings. The number of hydrogen-bond acceptors (Lipinski definition) is 4. The first-order chi connectivity index (χ1) is 14.9. The largest absolute Gasteiger partial charge is 0.355 e. The van der Waals surface area contributed by atoms with Crippen LogP contribution < -0.4 is 16.0 Å². The Kier molecular flexibility index (Phi) is 5.12. The lowest BCUT2D eigenvalue weighted by Gasteiger charge is -2.30. The number of imide groups is 1. The second-order valence-corrected chi connectivity index (χ2v) is 6.99. The Morgan fingerprint density at radius 3 is 2.74 bits per heavy atom. The first-order valence-corrected chi connectivity index (χ1v) is 9.42. The number of nitrogens with one attached hydrogen (secondary N) is 4. The highest BCUT2D eigenvalue weighted by Gasteiger charge is 2.31. The smallest absolute Gasteiger partial charge is 0.334 e.